The SMILES string of the molecule is CCCCCCCC[N+](C)(C)CCCCCCCC.CN(C)Cc1ccccc1.Cl.[Cl-]. The van der Waals surface area contributed by atoms with E-state index >= 15 is 0 Å². The maximum atomic E-state index is 2.41. The van der Waals surface area contributed by atoms with Gasteiger partial charge < -0.3 is 21.8 Å². The van der Waals surface area contributed by atoms with E-state index in [1.807, 2.05) is 6.07 Å². The Morgan fingerprint density at radius 2 is 1.03 bits per heavy atom. The van der Waals surface area contributed by atoms with E-state index in [4.69, 9.17) is 0 Å². The largest absolute Gasteiger partial charge is 1.00 e. The zero-order valence-electron chi connectivity index (χ0n) is 21.7. The summed E-state index contributed by atoms with van der Waals surface area (Å²) in [6.07, 6.45) is 17.1. The van der Waals surface area contributed by atoms with Crippen molar-refractivity contribution in [2.24, 2.45) is 0 Å². The van der Waals surface area contributed by atoms with Crippen LogP contribution in [0.4, 0.5) is 0 Å². The molecule has 0 saturated carbocycles. The van der Waals surface area contributed by atoms with Crippen LogP contribution in [0.5, 0.6) is 0 Å². The highest BCUT2D eigenvalue weighted by Crippen LogP contribution is 2.11. The maximum Gasteiger partial charge on any atom is 0.0782 e. The van der Waals surface area contributed by atoms with Crippen molar-refractivity contribution in [2.75, 3.05) is 41.3 Å². The molecule has 0 saturated heterocycles. The molecule has 0 heterocycles. The van der Waals surface area contributed by atoms with Gasteiger partial charge in [0.25, 0.3) is 0 Å². The zero-order valence-corrected chi connectivity index (χ0v) is 23.2. The average Bonchev–Trinajstić information content (AvgIpc) is 2.68. The van der Waals surface area contributed by atoms with Crippen LogP contribution in [0.15, 0.2) is 30.3 Å². The molecule has 0 unspecified atom stereocenters. The van der Waals surface area contributed by atoms with Crippen molar-refractivity contribution in [3.8, 4) is 0 Å². The summed E-state index contributed by atoms with van der Waals surface area (Å²) in [5.41, 5.74) is 1.37. The number of rotatable bonds is 16. The number of hydrogen-bond acceptors (Lipinski definition) is 1. The van der Waals surface area contributed by atoms with E-state index in [-0.39, 0.29) is 24.8 Å². The lowest BCUT2D eigenvalue weighted by Crippen LogP contribution is -3.00. The summed E-state index contributed by atoms with van der Waals surface area (Å²) in [4.78, 5) is 2.16. The number of hydrogen-bond donors (Lipinski definition) is 0. The molecule has 0 spiro atoms. The number of halogens is 2. The van der Waals surface area contributed by atoms with Crippen LogP contribution >= 0.6 is 12.4 Å². The Labute approximate surface area is 208 Å². The molecule has 31 heavy (non-hydrogen) atoms. The zero-order chi connectivity index (χ0) is 21.8. The molecular formula is C27H54Cl2N2. The fourth-order valence-corrected chi connectivity index (χ4v) is 3.70. The summed E-state index contributed by atoms with van der Waals surface area (Å²) >= 11 is 0. The van der Waals surface area contributed by atoms with Gasteiger partial charge in [0.05, 0.1) is 27.2 Å². The van der Waals surface area contributed by atoms with Crippen LogP contribution in [0.3, 0.4) is 0 Å². The monoisotopic (exact) mass is 476 g/mol. The van der Waals surface area contributed by atoms with E-state index in [0.29, 0.717) is 0 Å². The van der Waals surface area contributed by atoms with Crippen LogP contribution in [0.1, 0.15) is 96.5 Å². The molecule has 0 aromatic heterocycles. The third kappa shape index (κ3) is 25.9. The number of unbranched alkanes of at least 4 members (excludes halogenated alkanes) is 10. The van der Waals surface area contributed by atoms with E-state index in [1.165, 1.54) is 100 Å². The average molecular weight is 478 g/mol. The molecule has 1 aromatic carbocycles. The molecule has 186 valence electrons. The van der Waals surface area contributed by atoms with Crippen LogP contribution in [0, 0.1) is 0 Å². The van der Waals surface area contributed by atoms with Crippen LogP contribution in [0.25, 0.3) is 0 Å². The van der Waals surface area contributed by atoms with Crippen molar-refractivity contribution in [1.82, 2.24) is 4.90 Å². The first-order valence-electron chi connectivity index (χ1n) is 12.4. The van der Waals surface area contributed by atoms with E-state index < -0.39 is 0 Å². The van der Waals surface area contributed by atoms with Crippen LogP contribution in [0.2, 0.25) is 0 Å². The Hall–Kier alpha value is -0.280. The van der Waals surface area contributed by atoms with Crippen molar-refractivity contribution < 1.29 is 16.9 Å². The van der Waals surface area contributed by atoms with Crippen LogP contribution in [-0.2, 0) is 6.54 Å². The second-order valence-corrected chi connectivity index (χ2v) is 9.64. The Kier molecular flexibility index (Phi) is 27.8. The molecule has 1 rings (SSSR count). The van der Waals surface area contributed by atoms with Gasteiger partial charge in [-0.1, -0.05) is 95.5 Å². The fourth-order valence-electron chi connectivity index (χ4n) is 3.70. The van der Waals surface area contributed by atoms with Gasteiger partial charge in [0, 0.05) is 6.54 Å². The van der Waals surface area contributed by atoms with Gasteiger partial charge in [-0.25, -0.2) is 0 Å². The first-order valence-corrected chi connectivity index (χ1v) is 12.4. The van der Waals surface area contributed by atoms with E-state index in [2.05, 4.69) is 71.2 Å². The summed E-state index contributed by atoms with van der Waals surface area (Å²) in [6, 6.07) is 10.5. The Morgan fingerprint density at radius 3 is 1.42 bits per heavy atom. The first kappa shape index (κ1) is 35.3. The Morgan fingerprint density at radius 1 is 0.645 bits per heavy atom. The molecule has 0 amide bonds. The van der Waals surface area contributed by atoms with Crippen molar-refractivity contribution in [3.05, 3.63) is 35.9 Å². The van der Waals surface area contributed by atoms with Gasteiger partial charge in [-0.05, 0) is 45.3 Å². The second-order valence-electron chi connectivity index (χ2n) is 9.64. The van der Waals surface area contributed by atoms with Crippen molar-refractivity contribution >= 4 is 12.4 Å². The summed E-state index contributed by atoms with van der Waals surface area (Å²) < 4.78 is 1.24. The summed E-state index contributed by atoms with van der Waals surface area (Å²) in [5.74, 6) is 0. The molecule has 0 bridgehead atoms. The number of nitrogens with zero attached hydrogens (tertiary/aromatic N) is 2. The quantitative estimate of drug-likeness (QED) is 0.240. The van der Waals surface area contributed by atoms with Crippen LogP contribution < -0.4 is 12.4 Å². The molecule has 0 radical (unpaired) electrons. The minimum atomic E-state index is 0. The molecule has 0 aliphatic rings. The number of benzene rings is 1. The summed E-state index contributed by atoms with van der Waals surface area (Å²) in [7, 11) is 8.98. The third-order valence-corrected chi connectivity index (χ3v) is 5.58. The molecular weight excluding hydrogens is 423 g/mol. The van der Waals surface area contributed by atoms with E-state index in [9.17, 15) is 0 Å². The highest BCUT2D eigenvalue weighted by Gasteiger charge is 2.13. The lowest BCUT2D eigenvalue weighted by atomic mass is 10.1. The van der Waals surface area contributed by atoms with Gasteiger partial charge in [0.15, 0.2) is 0 Å². The van der Waals surface area contributed by atoms with Gasteiger partial charge in [0.2, 0.25) is 0 Å². The highest BCUT2D eigenvalue weighted by molar-refractivity contribution is 5.85. The molecule has 0 aliphatic carbocycles. The molecule has 0 aliphatic heterocycles. The molecule has 0 atom stereocenters. The molecule has 4 heteroatoms. The van der Waals surface area contributed by atoms with Gasteiger partial charge in [-0.15, -0.1) is 12.4 Å². The normalized spacial score (nSPS) is 10.7. The third-order valence-electron chi connectivity index (χ3n) is 5.58. The summed E-state index contributed by atoms with van der Waals surface area (Å²) in [5, 5.41) is 0. The first-order chi connectivity index (χ1) is 13.9. The van der Waals surface area contributed by atoms with Crippen molar-refractivity contribution in [2.45, 2.75) is 97.4 Å². The lowest BCUT2D eigenvalue weighted by molar-refractivity contribution is -0.890. The topological polar surface area (TPSA) is 3.24 Å². The van der Waals surface area contributed by atoms with Gasteiger partial charge >= 0.3 is 0 Å². The van der Waals surface area contributed by atoms with Crippen molar-refractivity contribution in [1.29, 1.82) is 0 Å². The predicted molar refractivity (Wildman–Crippen MR) is 140 cm³/mol. The predicted octanol–water partition coefficient (Wildman–Crippen LogP) is 4.96. The highest BCUT2D eigenvalue weighted by atomic mass is 35.5. The maximum absolute atomic E-state index is 2.41. The smallest absolute Gasteiger partial charge is 0.0782 e. The molecule has 1 aromatic rings. The van der Waals surface area contributed by atoms with Crippen LogP contribution in [-0.4, -0.2) is 50.7 Å². The number of quaternary nitrogens is 1. The Balaban J connectivity index is -0.000000553. The van der Waals surface area contributed by atoms with Gasteiger partial charge in [0.1, 0.15) is 0 Å². The lowest BCUT2D eigenvalue weighted by Gasteiger charge is -2.30. The second kappa shape index (κ2) is 24.4. The molecule has 2 nitrogen and oxygen atoms in total. The molecule has 0 N–H and O–H groups in total. The van der Waals surface area contributed by atoms with E-state index in [1.54, 1.807) is 0 Å². The minimum absolute atomic E-state index is 0. The Bertz CT molecular complexity index is 432. The van der Waals surface area contributed by atoms with Crippen molar-refractivity contribution in [3.63, 3.8) is 0 Å². The van der Waals surface area contributed by atoms with Gasteiger partial charge in [-0.2, -0.15) is 0 Å². The summed E-state index contributed by atoms with van der Waals surface area (Å²) in [6.45, 7) is 8.37. The van der Waals surface area contributed by atoms with Gasteiger partial charge in [-0.3, -0.25) is 0 Å². The van der Waals surface area contributed by atoms with E-state index in [0.717, 1.165) is 6.54 Å². The molecule has 0 fully saturated rings. The minimum Gasteiger partial charge on any atom is -1.00 e. The standard InChI is InChI=1S/C18H40N.C9H13N.2ClH/c1-5-7-9-11-13-15-17-19(3,4)18-16-14-12-10-8-6-2;1-10(2)8-9-6-4-3-5-7-9;;/h5-18H2,1-4H3;3-7H,8H2,1-2H3;2*1H/q+1;;;/p-1. The fraction of sp³-hybridized carbons (Fsp3) is 0.778.